The predicted molar refractivity (Wildman–Crippen MR) is 124 cm³/mol. The van der Waals surface area contributed by atoms with Crippen molar-refractivity contribution in [3.05, 3.63) is 81.8 Å². The number of para-hydroxylation sites is 1. The lowest BCUT2D eigenvalue weighted by atomic mass is 9.95. The van der Waals surface area contributed by atoms with E-state index in [2.05, 4.69) is 44.8 Å². The minimum Gasteiger partial charge on any atom is -0.489 e. The van der Waals surface area contributed by atoms with Gasteiger partial charge in [0.05, 0.1) is 10.7 Å². The van der Waals surface area contributed by atoms with E-state index in [0.717, 1.165) is 60.1 Å². The van der Waals surface area contributed by atoms with Crippen LogP contribution in [0.3, 0.4) is 0 Å². The van der Waals surface area contributed by atoms with Gasteiger partial charge in [-0.3, -0.25) is 9.69 Å². The molecule has 1 fully saturated rings. The second kappa shape index (κ2) is 10.6. The average Bonchev–Trinajstić information content (AvgIpc) is 3.22. The number of ether oxygens (including phenoxy) is 1. The van der Waals surface area contributed by atoms with Crippen LogP contribution in [-0.4, -0.2) is 28.9 Å². The number of nitrogens with zero attached hydrogens (tertiary/aromatic N) is 2. The molecule has 1 saturated heterocycles. The molecule has 2 heterocycles. The van der Waals surface area contributed by atoms with Crippen LogP contribution in [0, 0.1) is 12.8 Å². The number of hydrogen-bond donors (Lipinski definition) is 1. The molecule has 0 unspecified atom stereocenters. The number of piperidine rings is 1. The fourth-order valence-corrected chi connectivity index (χ4v) is 4.44. The first-order chi connectivity index (χ1) is 15.2. The summed E-state index contributed by atoms with van der Waals surface area (Å²) < 4.78 is 5.78. The summed E-state index contributed by atoms with van der Waals surface area (Å²) in [5.41, 5.74) is 3.36. The highest BCUT2D eigenvalue weighted by atomic mass is 32.1. The summed E-state index contributed by atoms with van der Waals surface area (Å²) in [7, 11) is 0. The van der Waals surface area contributed by atoms with E-state index in [9.17, 15) is 4.79 Å². The predicted octanol–water partition coefficient (Wildman–Crippen LogP) is 4.56. The van der Waals surface area contributed by atoms with E-state index < -0.39 is 0 Å². The van der Waals surface area contributed by atoms with Crippen LogP contribution in [0.15, 0.2) is 60.0 Å². The Morgan fingerprint density at radius 2 is 1.81 bits per heavy atom. The molecule has 31 heavy (non-hydrogen) atoms. The monoisotopic (exact) mass is 435 g/mol. The molecule has 0 bridgehead atoms. The van der Waals surface area contributed by atoms with Gasteiger partial charge in [0.15, 0.2) is 0 Å². The molecule has 5 nitrogen and oxygen atoms in total. The molecule has 6 heteroatoms. The largest absolute Gasteiger partial charge is 0.489 e. The molecule has 1 aliphatic heterocycles. The van der Waals surface area contributed by atoms with Gasteiger partial charge < -0.3 is 10.1 Å². The number of aryl methyl sites for hydroxylation is 1. The van der Waals surface area contributed by atoms with E-state index in [1.54, 1.807) is 11.3 Å². The molecule has 0 radical (unpaired) electrons. The van der Waals surface area contributed by atoms with Crippen molar-refractivity contribution < 1.29 is 9.53 Å². The summed E-state index contributed by atoms with van der Waals surface area (Å²) >= 11 is 1.70. The van der Waals surface area contributed by atoms with Crippen molar-refractivity contribution in [1.82, 2.24) is 15.2 Å². The lowest BCUT2D eigenvalue weighted by molar-refractivity contribution is -0.126. The maximum absolute atomic E-state index is 12.6. The molecule has 3 aromatic rings. The van der Waals surface area contributed by atoms with E-state index in [4.69, 9.17) is 4.74 Å². The highest BCUT2D eigenvalue weighted by Crippen LogP contribution is 2.20. The topological polar surface area (TPSA) is 54.5 Å². The number of likely N-dealkylation sites (tertiary alicyclic amines) is 1. The number of thiazole rings is 1. The Hall–Kier alpha value is -2.70. The molecule has 0 spiro atoms. The van der Waals surface area contributed by atoms with Crippen molar-refractivity contribution in [2.24, 2.45) is 5.92 Å². The highest BCUT2D eigenvalue weighted by molar-refractivity contribution is 7.09. The third-order valence-electron chi connectivity index (χ3n) is 5.65. The van der Waals surface area contributed by atoms with Gasteiger partial charge in [-0.2, -0.15) is 0 Å². The fraction of sp³-hybridized carbons (Fsp3) is 0.360. The summed E-state index contributed by atoms with van der Waals surface area (Å²) in [6.45, 7) is 5.93. The molecule has 1 aliphatic rings. The molecule has 0 saturated carbocycles. The Kier molecular flexibility index (Phi) is 7.33. The van der Waals surface area contributed by atoms with Crippen molar-refractivity contribution >= 4 is 17.2 Å². The van der Waals surface area contributed by atoms with Gasteiger partial charge in [-0.05, 0) is 56.1 Å². The number of rotatable bonds is 8. The minimum absolute atomic E-state index is 0.104. The first-order valence-corrected chi connectivity index (χ1v) is 11.7. The van der Waals surface area contributed by atoms with Gasteiger partial charge in [0.25, 0.3) is 0 Å². The number of hydrogen-bond acceptors (Lipinski definition) is 5. The number of carbonyl (C=O) groups is 1. The average molecular weight is 436 g/mol. The summed E-state index contributed by atoms with van der Waals surface area (Å²) in [5, 5.41) is 6.36. The van der Waals surface area contributed by atoms with Gasteiger partial charge in [0.2, 0.25) is 5.91 Å². The standard InChI is InChI=1S/C25H29N3O2S/c1-19-27-23(18-31-19)16-28-13-11-22(12-14-28)25(29)26-15-20-7-9-21(10-8-20)17-30-24-5-3-2-4-6-24/h2-10,18,22H,11-17H2,1H3,(H,26,29). The summed E-state index contributed by atoms with van der Waals surface area (Å²) in [6, 6.07) is 18.0. The lowest BCUT2D eigenvalue weighted by Crippen LogP contribution is -2.40. The van der Waals surface area contributed by atoms with Crippen molar-refractivity contribution in [3.63, 3.8) is 0 Å². The van der Waals surface area contributed by atoms with Crippen LogP contribution in [0.4, 0.5) is 0 Å². The maximum Gasteiger partial charge on any atom is 0.223 e. The summed E-state index contributed by atoms with van der Waals surface area (Å²) in [6.07, 6.45) is 1.81. The van der Waals surface area contributed by atoms with Crippen LogP contribution in [0.2, 0.25) is 0 Å². The zero-order valence-corrected chi connectivity index (χ0v) is 18.7. The van der Waals surface area contributed by atoms with E-state index in [1.807, 2.05) is 37.3 Å². The van der Waals surface area contributed by atoms with Crippen LogP contribution in [-0.2, 0) is 24.5 Å². The molecular weight excluding hydrogens is 406 g/mol. The van der Waals surface area contributed by atoms with Crippen LogP contribution in [0.1, 0.15) is 34.7 Å². The molecule has 0 atom stereocenters. The van der Waals surface area contributed by atoms with Crippen molar-refractivity contribution in [2.45, 2.75) is 39.5 Å². The maximum atomic E-state index is 12.6. The van der Waals surface area contributed by atoms with Crippen LogP contribution in [0.5, 0.6) is 5.75 Å². The molecule has 4 rings (SSSR count). The SMILES string of the molecule is Cc1nc(CN2CCC(C(=O)NCc3ccc(COc4ccccc4)cc3)CC2)cs1. The number of carbonyl (C=O) groups excluding carboxylic acids is 1. The van der Waals surface area contributed by atoms with Gasteiger partial charge in [0.1, 0.15) is 12.4 Å². The summed E-state index contributed by atoms with van der Waals surface area (Å²) in [5.74, 6) is 1.14. The van der Waals surface area contributed by atoms with Crippen molar-refractivity contribution in [2.75, 3.05) is 13.1 Å². The van der Waals surface area contributed by atoms with Crippen LogP contribution >= 0.6 is 11.3 Å². The summed E-state index contributed by atoms with van der Waals surface area (Å²) in [4.78, 5) is 19.5. The number of nitrogens with one attached hydrogen (secondary N) is 1. The van der Waals surface area contributed by atoms with E-state index >= 15 is 0 Å². The van der Waals surface area contributed by atoms with Crippen molar-refractivity contribution in [3.8, 4) is 5.75 Å². The molecular formula is C25H29N3O2S. The molecule has 1 aromatic heterocycles. The first-order valence-electron chi connectivity index (χ1n) is 10.8. The van der Waals surface area contributed by atoms with Crippen LogP contribution in [0.25, 0.3) is 0 Å². The van der Waals surface area contributed by atoms with E-state index in [0.29, 0.717) is 13.2 Å². The van der Waals surface area contributed by atoms with Gasteiger partial charge >= 0.3 is 0 Å². The molecule has 162 valence electrons. The molecule has 0 aliphatic carbocycles. The van der Waals surface area contributed by atoms with Gasteiger partial charge in [-0.25, -0.2) is 4.98 Å². The Morgan fingerprint density at radius 3 is 2.48 bits per heavy atom. The van der Waals surface area contributed by atoms with Gasteiger partial charge in [-0.1, -0.05) is 42.5 Å². The Labute approximate surface area is 188 Å². The Bertz CT molecular complexity index is 964. The molecule has 2 aromatic carbocycles. The quantitative estimate of drug-likeness (QED) is 0.564. The Balaban J connectivity index is 1.17. The van der Waals surface area contributed by atoms with Gasteiger partial charge in [0, 0.05) is 24.4 Å². The zero-order valence-electron chi connectivity index (χ0n) is 17.9. The molecule has 1 amide bonds. The number of aromatic nitrogens is 1. The fourth-order valence-electron chi connectivity index (χ4n) is 3.83. The number of amides is 1. The minimum atomic E-state index is 0.104. The van der Waals surface area contributed by atoms with E-state index in [1.165, 1.54) is 0 Å². The highest BCUT2D eigenvalue weighted by Gasteiger charge is 2.25. The third-order valence-corrected chi connectivity index (χ3v) is 6.47. The van der Waals surface area contributed by atoms with E-state index in [-0.39, 0.29) is 11.8 Å². The lowest BCUT2D eigenvalue weighted by Gasteiger charge is -2.30. The van der Waals surface area contributed by atoms with Crippen molar-refractivity contribution in [1.29, 1.82) is 0 Å². The second-order valence-electron chi connectivity index (χ2n) is 8.04. The Morgan fingerprint density at radius 1 is 1.10 bits per heavy atom. The zero-order chi connectivity index (χ0) is 21.5. The second-order valence-corrected chi connectivity index (χ2v) is 9.11. The van der Waals surface area contributed by atoms with Gasteiger partial charge in [-0.15, -0.1) is 11.3 Å². The smallest absolute Gasteiger partial charge is 0.223 e. The number of benzene rings is 2. The normalized spacial score (nSPS) is 15.0. The first kappa shape index (κ1) is 21.5. The van der Waals surface area contributed by atoms with Crippen LogP contribution < -0.4 is 10.1 Å². The third kappa shape index (κ3) is 6.39. The molecule has 1 N–H and O–H groups in total.